The molecule has 0 bridgehead atoms. The topological polar surface area (TPSA) is 57.2 Å². The predicted octanol–water partition coefficient (Wildman–Crippen LogP) is 4.03. The Balaban J connectivity index is 0.000000433. The number of hydrogen-bond donors (Lipinski definition) is 0. The molecule has 1 rings (SSSR count). The van der Waals surface area contributed by atoms with Crippen molar-refractivity contribution in [1.29, 1.82) is 0 Å². The first-order valence-electron chi connectivity index (χ1n) is 8.71. The van der Waals surface area contributed by atoms with E-state index in [1.165, 1.54) is 80.6 Å². The fourth-order valence-electron chi connectivity index (χ4n) is 3.16. The molecule has 0 saturated carbocycles. The summed E-state index contributed by atoms with van der Waals surface area (Å²) in [6.45, 7) is 14.8. The van der Waals surface area contributed by atoms with Gasteiger partial charge in [0.1, 0.15) is 10.1 Å². The van der Waals surface area contributed by atoms with E-state index in [0.29, 0.717) is 0 Å². The van der Waals surface area contributed by atoms with Crippen molar-refractivity contribution >= 4 is 10.1 Å². The molecule has 0 aliphatic heterocycles. The Morgan fingerprint density at radius 2 is 1.13 bits per heavy atom. The van der Waals surface area contributed by atoms with E-state index >= 15 is 0 Å². The Bertz CT molecular complexity index is 471. The first kappa shape index (κ1) is 22.1. The number of nitrogens with zero attached hydrogens (tertiary/aromatic N) is 1. The monoisotopic (exact) mass is 343 g/mol. The summed E-state index contributed by atoms with van der Waals surface area (Å²) in [5.41, 5.74) is 0. The van der Waals surface area contributed by atoms with Gasteiger partial charge in [0, 0.05) is 0 Å². The third-order valence-corrected chi connectivity index (χ3v) is 4.67. The maximum atomic E-state index is 10.3. The SMILES string of the molecule is CCC[N+](CCC)(CCC)CCC.O=S(=O)([O-])c1ccccc1. The molecule has 0 heterocycles. The maximum absolute atomic E-state index is 10.3. The summed E-state index contributed by atoms with van der Waals surface area (Å²) in [5, 5.41) is 0. The van der Waals surface area contributed by atoms with Crippen LogP contribution in [-0.4, -0.2) is 43.6 Å². The summed E-state index contributed by atoms with van der Waals surface area (Å²) < 4.78 is 32.2. The minimum atomic E-state index is -4.25. The molecule has 0 atom stereocenters. The predicted molar refractivity (Wildman–Crippen MR) is 95.3 cm³/mol. The van der Waals surface area contributed by atoms with E-state index in [1.54, 1.807) is 6.07 Å². The van der Waals surface area contributed by atoms with Gasteiger partial charge >= 0.3 is 0 Å². The van der Waals surface area contributed by atoms with Crippen LogP contribution in [0.15, 0.2) is 35.2 Å². The van der Waals surface area contributed by atoms with Crippen LogP contribution in [0.5, 0.6) is 0 Å². The van der Waals surface area contributed by atoms with Crippen molar-refractivity contribution in [2.45, 2.75) is 58.3 Å². The van der Waals surface area contributed by atoms with E-state index in [-0.39, 0.29) is 4.90 Å². The van der Waals surface area contributed by atoms with Crippen LogP contribution in [0.1, 0.15) is 53.4 Å². The molecule has 0 aliphatic carbocycles. The van der Waals surface area contributed by atoms with E-state index in [0.717, 1.165) is 0 Å². The second-order valence-electron chi connectivity index (χ2n) is 6.00. The standard InChI is InChI=1S/C12H28N.C6H6O3S/c1-5-9-13(10-6-2,11-7-3)12-8-4;7-10(8,9)6-4-2-1-3-5-6/h5-12H2,1-4H3;1-5H,(H,7,8,9)/q+1;/p-1. The van der Waals surface area contributed by atoms with Gasteiger partial charge in [-0.25, -0.2) is 8.42 Å². The van der Waals surface area contributed by atoms with E-state index < -0.39 is 10.1 Å². The molecule has 0 aromatic heterocycles. The van der Waals surface area contributed by atoms with Gasteiger partial charge in [0.25, 0.3) is 0 Å². The summed E-state index contributed by atoms with van der Waals surface area (Å²) in [4.78, 5) is -0.185. The molecule has 1 aromatic rings. The molecule has 1 aromatic carbocycles. The molecule has 0 unspecified atom stereocenters. The first-order chi connectivity index (χ1) is 10.8. The molecule has 4 nitrogen and oxygen atoms in total. The third-order valence-electron chi connectivity index (χ3n) is 3.82. The van der Waals surface area contributed by atoms with Crippen molar-refractivity contribution in [3.63, 3.8) is 0 Å². The van der Waals surface area contributed by atoms with Crippen LogP contribution in [0.4, 0.5) is 0 Å². The molecule has 0 radical (unpaired) electrons. The fourth-order valence-corrected chi connectivity index (χ4v) is 3.65. The minimum absolute atomic E-state index is 0.185. The van der Waals surface area contributed by atoms with Crippen molar-refractivity contribution in [1.82, 2.24) is 0 Å². The molecule has 0 spiro atoms. The Hall–Kier alpha value is -0.910. The Kier molecular flexibility index (Phi) is 11.1. The summed E-state index contributed by atoms with van der Waals surface area (Å²) in [5.74, 6) is 0. The Labute approximate surface area is 142 Å². The van der Waals surface area contributed by atoms with E-state index in [9.17, 15) is 13.0 Å². The summed E-state index contributed by atoms with van der Waals surface area (Å²) in [7, 11) is -4.25. The summed E-state index contributed by atoms with van der Waals surface area (Å²) in [6.07, 6.45) is 5.33. The van der Waals surface area contributed by atoms with E-state index in [1.807, 2.05) is 0 Å². The van der Waals surface area contributed by atoms with Gasteiger partial charge < -0.3 is 9.04 Å². The molecule has 0 fully saturated rings. The lowest BCUT2D eigenvalue weighted by Crippen LogP contribution is -2.50. The zero-order chi connectivity index (χ0) is 17.8. The van der Waals surface area contributed by atoms with Gasteiger partial charge in [-0.3, -0.25) is 0 Å². The van der Waals surface area contributed by atoms with Gasteiger partial charge in [0.2, 0.25) is 0 Å². The van der Waals surface area contributed by atoms with Gasteiger partial charge in [0.05, 0.1) is 31.1 Å². The zero-order valence-electron chi connectivity index (χ0n) is 15.1. The van der Waals surface area contributed by atoms with Gasteiger partial charge in [-0.15, -0.1) is 0 Å². The number of hydrogen-bond acceptors (Lipinski definition) is 3. The van der Waals surface area contributed by atoms with Gasteiger partial charge in [-0.2, -0.15) is 0 Å². The maximum Gasteiger partial charge on any atom is 0.124 e. The van der Waals surface area contributed by atoms with Crippen LogP contribution in [0.2, 0.25) is 0 Å². The first-order valence-corrected chi connectivity index (χ1v) is 10.1. The van der Waals surface area contributed by atoms with E-state index in [2.05, 4.69) is 27.7 Å². The largest absolute Gasteiger partial charge is 0.744 e. The quantitative estimate of drug-likeness (QED) is 0.502. The lowest BCUT2D eigenvalue weighted by Gasteiger charge is -2.38. The van der Waals surface area contributed by atoms with Crippen molar-refractivity contribution < 1.29 is 17.5 Å². The molecule has 0 amide bonds. The number of quaternary nitrogens is 1. The smallest absolute Gasteiger partial charge is 0.124 e. The molecular weight excluding hydrogens is 310 g/mol. The molecule has 0 aliphatic rings. The van der Waals surface area contributed by atoms with Crippen LogP contribution in [0.25, 0.3) is 0 Å². The average molecular weight is 344 g/mol. The summed E-state index contributed by atoms with van der Waals surface area (Å²) >= 11 is 0. The molecule has 23 heavy (non-hydrogen) atoms. The van der Waals surface area contributed by atoms with E-state index in [4.69, 9.17) is 0 Å². The molecule has 0 N–H and O–H groups in total. The second-order valence-corrected chi connectivity index (χ2v) is 7.38. The highest BCUT2D eigenvalue weighted by Gasteiger charge is 2.22. The molecule has 134 valence electrons. The van der Waals surface area contributed by atoms with Crippen molar-refractivity contribution in [2.24, 2.45) is 0 Å². The highest BCUT2D eigenvalue weighted by molar-refractivity contribution is 7.85. The summed E-state index contributed by atoms with van der Waals surface area (Å²) in [6, 6.07) is 7.19. The van der Waals surface area contributed by atoms with Gasteiger partial charge in [0.15, 0.2) is 0 Å². The fraction of sp³-hybridized carbons (Fsp3) is 0.667. The minimum Gasteiger partial charge on any atom is -0.744 e. The lowest BCUT2D eigenvalue weighted by molar-refractivity contribution is -0.928. The van der Waals surface area contributed by atoms with Crippen molar-refractivity contribution in [3.8, 4) is 0 Å². The van der Waals surface area contributed by atoms with Crippen LogP contribution in [0.3, 0.4) is 0 Å². The second kappa shape index (κ2) is 11.6. The number of benzene rings is 1. The van der Waals surface area contributed by atoms with Crippen LogP contribution in [0, 0.1) is 0 Å². The highest BCUT2D eigenvalue weighted by atomic mass is 32.2. The molecular formula is C18H33NO3S. The third kappa shape index (κ3) is 9.08. The normalized spacial score (nSPS) is 11.7. The van der Waals surface area contributed by atoms with Gasteiger partial charge in [-0.05, 0) is 37.8 Å². The lowest BCUT2D eigenvalue weighted by atomic mass is 10.2. The molecule has 0 saturated heterocycles. The zero-order valence-corrected chi connectivity index (χ0v) is 15.9. The van der Waals surface area contributed by atoms with Crippen molar-refractivity contribution in [2.75, 3.05) is 26.2 Å². The van der Waals surface area contributed by atoms with Crippen molar-refractivity contribution in [3.05, 3.63) is 30.3 Å². The van der Waals surface area contributed by atoms with Crippen LogP contribution >= 0.6 is 0 Å². The number of rotatable bonds is 9. The van der Waals surface area contributed by atoms with Gasteiger partial charge in [-0.1, -0.05) is 45.9 Å². The Morgan fingerprint density at radius 3 is 1.35 bits per heavy atom. The van der Waals surface area contributed by atoms with Crippen LogP contribution < -0.4 is 0 Å². The van der Waals surface area contributed by atoms with Crippen LogP contribution in [-0.2, 0) is 10.1 Å². The highest BCUT2D eigenvalue weighted by Crippen LogP contribution is 2.12. The molecule has 5 heteroatoms. The average Bonchev–Trinajstić information content (AvgIpc) is 2.49. The Morgan fingerprint density at radius 1 is 0.783 bits per heavy atom.